The van der Waals surface area contributed by atoms with Gasteiger partial charge in [0.2, 0.25) is 10.0 Å². The van der Waals surface area contributed by atoms with Crippen LogP contribution in [0.5, 0.6) is 0 Å². The van der Waals surface area contributed by atoms with Gasteiger partial charge in [-0.15, -0.1) is 0 Å². The van der Waals surface area contributed by atoms with E-state index in [0.29, 0.717) is 24.4 Å². The zero-order valence-corrected chi connectivity index (χ0v) is 13.0. The Bertz CT molecular complexity index is 531. The molecule has 0 radical (unpaired) electrons. The van der Waals surface area contributed by atoms with Gasteiger partial charge in [0.1, 0.15) is 0 Å². The Morgan fingerprint density at radius 1 is 1.26 bits per heavy atom. The van der Waals surface area contributed by atoms with E-state index in [-0.39, 0.29) is 5.41 Å². The number of hydrogen-bond donors (Lipinski definition) is 2. The molecule has 108 valence electrons. The SMILES string of the molecule is CCc1ccc(CN)cc1S(=O)(=O)NCC(C)(C)C. The fourth-order valence-corrected chi connectivity index (χ4v) is 3.30. The summed E-state index contributed by atoms with van der Waals surface area (Å²) in [6.45, 7) is 8.67. The van der Waals surface area contributed by atoms with Gasteiger partial charge in [0.25, 0.3) is 0 Å². The predicted molar refractivity (Wildman–Crippen MR) is 78.4 cm³/mol. The van der Waals surface area contributed by atoms with E-state index in [9.17, 15) is 8.42 Å². The molecule has 0 heterocycles. The van der Waals surface area contributed by atoms with E-state index >= 15 is 0 Å². The summed E-state index contributed by atoms with van der Waals surface area (Å²) in [4.78, 5) is 0.349. The molecule has 19 heavy (non-hydrogen) atoms. The Hall–Kier alpha value is -0.910. The van der Waals surface area contributed by atoms with Gasteiger partial charge in [-0.2, -0.15) is 0 Å². The Balaban J connectivity index is 3.12. The highest BCUT2D eigenvalue weighted by molar-refractivity contribution is 7.89. The van der Waals surface area contributed by atoms with E-state index in [2.05, 4.69) is 4.72 Å². The largest absolute Gasteiger partial charge is 0.326 e. The minimum absolute atomic E-state index is 0.0923. The first-order valence-corrected chi connectivity index (χ1v) is 7.99. The smallest absolute Gasteiger partial charge is 0.240 e. The van der Waals surface area contributed by atoms with Crippen molar-refractivity contribution < 1.29 is 8.42 Å². The lowest BCUT2D eigenvalue weighted by atomic mass is 9.98. The average Bonchev–Trinajstić information content (AvgIpc) is 2.35. The summed E-state index contributed by atoms with van der Waals surface area (Å²) in [5, 5.41) is 0. The number of nitrogens with two attached hydrogens (primary N) is 1. The highest BCUT2D eigenvalue weighted by Gasteiger charge is 2.21. The zero-order chi connectivity index (χ0) is 14.7. The van der Waals surface area contributed by atoms with Gasteiger partial charge in [-0.05, 0) is 29.0 Å². The molecule has 1 aromatic rings. The molecule has 1 aromatic carbocycles. The number of aryl methyl sites for hydroxylation is 1. The Morgan fingerprint density at radius 2 is 1.89 bits per heavy atom. The summed E-state index contributed by atoms with van der Waals surface area (Å²) in [5.41, 5.74) is 7.13. The predicted octanol–water partition coefficient (Wildman–Crippen LogP) is 2.03. The van der Waals surface area contributed by atoms with Gasteiger partial charge >= 0.3 is 0 Å². The normalized spacial score (nSPS) is 12.7. The van der Waals surface area contributed by atoms with Crippen LogP contribution in [0.25, 0.3) is 0 Å². The van der Waals surface area contributed by atoms with E-state index < -0.39 is 10.0 Å². The van der Waals surface area contributed by atoms with Crippen molar-refractivity contribution in [2.24, 2.45) is 11.1 Å². The van der Waals surface area contributed by atoms with E-state index in [1.807, 2.05) is 39.8 Å². The van der Waals surface area contributed by atoms with Crippen molar-refractivity contribution in [2.75, 3.05) is 6.54 Å². The molecule has 0 spiro atoms. The highest BCUT2D eigenvalue weighted by atomic mass is 32.2. The minimum atomic E-state index is -3.47. The van der Waals surface area contributed by atoms with Crippen LogP contribution in [0.4, 0.5) is 0 Å². The van der Waals surface area contributed by atoms with Crippen LogP contribution in [-0.4, -0.2) is 15.0 Å². The first-order valence-electron chi connectivity index (χ1n) is 6.51. The highest BCUT2D eigenvalue weighted by Crippen LogP contribution is 2.20. The Morgan fingerprint density at radius 3 is 2.37 bits per heavy atom. The van der Waals surface area contributed by atoms with Crippen molar-refractivity contribution in [1.29, 1.82) is 0 Å². The van der Waals surface area contributed by atoms with Crippen LogP contribution in [0.1, 0.15) is 38.8 Å². The first kappa shape index (κ1) is 16.1. The summed E-state index contributed by atoms with van der Waals surface area (Å²) in [7, 11) is -3.47. The summed E-state index contributed by atoms with van der Waals surface area (Å²) in [5.74, 6) is 0. The van der Waals surface area contributed by atoms with Gasteiger partial charge in [-0.1, -0.05) is 39.8 Å². The van der Waals surface area contributed by atoms with Crippen molar-refractivity contribution >= 4 is 10.0 Å². The van der Waals surface area contributed by atoms with Crippen LogP contribution in [0, 0.1) is 5.41 Å². The number of sulfonamides is 1. The maximum atomic E-state index is 12.4. The molecule has 0 amide bonds. The van der Waals surface area contributed by atoms with Crippen molar-refractivity contribution in [1.82, 2.24) is 4.72 Å². The van der Waals surface area contributed by atoms with Gasteiger partial charge in [-0.25, -0.2) is 13.1 Å². The summed E-state index contributed by atoms with van der Waals surface area (Å²) in [6.07, 6.45) is 0.677. The van der Waals surface area contributed by atoms with Crippen LogP contribution in [0.3, 0.4) is 0 Å². The van der Waals surface area contributed by atoms with Crippen LogP contribution in [0.15, 0.2) is 23.1 Å². The van der Waals surface area contributed by atoms with Crippen molar-refractivity contribution in [3.8, 4) is 0 Å². The first-order chi connectivity index (χ1) is 8.69. The van der Waals surface area contributed by atoms with Gasteiger partial charge in [-0.3, -0.25) is 0 Å². The zero-order valence-electron chi connectivity index (χ0n) is 12.2. The molecular weight excluding hydrogens is 260 g/mol. The lowest BCUT2D eigenvalue weighted by molar-refractivity contribution is 0.407. The summed E-state index contributed by atoms with van der Waals surface area (Å²) >= 11 is 0. The molecule has 0 unspecified atom stereocenters. The molecule has 5 heteroatoms. The molecule has 4 nitrogen and oxygen atoms in total. The number of nitrogens with one attached hydrogen (secondary N) is 1. The van der Waals surface area contributed by atoms with Crippen molar-refractivity contribution in [2.45, 2.75) is 45.6 Å². The lowest BCUT2D eigenvalue weighted by Gasteiger charge is -2.20. The molecule has 1 rings (SSSR count). The van der Waals surface area contributed by atoms with Gasteiger partial charge in [0, 0.05) is 13.1 Å². The molecule has 0 fully saturated rings. The van der Waals surface area contributed by atoms with E-state index in [0.717, 1.165) is 11.1 Å². The van der Waals surface area contributed by atoms with E-state index in [1.165, 1.54) is 0 Å². The monoisotopic (exact) mass is 284 g/mol. The lowest BCUT2D eigenvalue weighted by Crippen LogP contribution is -2.32. The fraction of sp³-hybridized carbons (Fsp3) is 0.571. The topological polar surface area (TPSA) is 72.2 Å². The third kappa shape index (κ3) is 4.60. The Labute approximate surface area is 116 Å². The van der Waals surface area contributed by atoms with E-state index in [4.69, 9.17) is 5.73 Å². The molecule has 3 N–H and O–H groups in total. The molecule has 0 saturated carbocycles. The number of hydrogen-bond acceptors (Lipinski definition) is 3. The second-order valence-electron chi connectivity index (χ2n) is 5.88. The molecule has 0 aliphatic rings. The fourth-order valence-electron chi connectivity index (χ4n) is 1.66. The molecule has 0 saturated heterocycles. The molecule has 0 aromatic heterocycles. The summed E-state index contributed by atoms with van der Waals surface area (Å²) < 4.78 is 27.4. The molecule has 0 aliphatic carbocycles. The number of benzene rings is 1. The van der Waals surface area contributed by atoms with Crippen molar-refractivity contribution in [3.05, 3.63) is 29.3 Å². The molecule has 0 bridgehead atoms. The van der Waals surface area contributed by atoms with Crippen LogP contribution < -0.4 is 10.5 Å². The maximum Gasteiger partial charge on any atom is 0.240 e. The van der Waals surface area contributed by atoms with Crippen LogP contribution in [0.2, 0.25) is 0 Å². The van der Waals surface area contributed by atoms with E-state index in [1.54, 1.807) is 6.07 Å². The number of rotatable bonds is 5. The summed E-state index contributed by atoms with van der Waals surface area (Å²) in [6, 6.07) is 5.39. The average molecular weight is 284 g/mol. The van der Waals surface area contributed by atoms with Gasteiger partial charge in [0.05, 0.1) is 4.90 Å². The second kappa shape index (κ2) is 6.03. The quantitative estimate of drug-likeness (QED) is 0.869. The maximum absolute atomic E-state index is 12.4. The second-order valence-corrected chi connectivity index (χ2v) is 7.62. The third-order valence-electron chi connectivity index (χ3n) is 2.83. The van der Waals surface area contributed by atoms with Gasteiger partial charge < -0.3 is 5.73 Å². The molecule has 0 atom stereocenters. The Kier molecular flexibility index (Phi) is 5.12. The molecular formula is C14H24N2O2S. The van der Waals surface area contributed by atoms with Gasteiger partial charge in [0.15, 0.2) is 0 Å². The standard InChI is InChI=1S/C14H24N2O2S/c1-5-12-7-6-11(9-15)8-13(12)19(17,18)16-10-14(2,3)4/h6-8,16H,5,9-10,15H2,1-4H3. The van der Waals surface area contributed by atoms with Crippen LogP contribution in [-0.2, 0) is 23.0 Å². The third-order valence-corrected chi connectivity index (χ3v) is 4.31. The molecule has 0 aliphatic heterocycles. The van der Waals surface area contributed by atoms with Crippen LogP contribution >= 0.6 is 0 Å². The van der Waals surface area contributed by atoms with Crippen molar-refractivity contribution in [3.63, 3.8) is 0 Å². The minimum Gasteiger partial charge on any atom is -0.326 e.